The van der Waals surface area contributed by atoms with E-state index in [1.807, 2.05) is 24.3 Å². The predicted molar refractivity (Wildman–Crippen MR) is 82.3 cm³/mol. The van der Waals surface area contributed by atoms with Crippen LogP contribution in [0.5, 0.6) is 0 Å². The fourth-order valence-electron chi connectivity index (χ4n) is 1.95. The van der Waals surface area contributed by atoms with Gasteiger partial charge in [-0.1, -0.05) is 49.8 Å². The minimum atomic E-state index is 0.707. The Morgan fingerprint density at radius 3 is 2.00 bits per heavy atom. The van der Waals surface area contributed by atoms with E-state index in [1.54, 1.807) is 0 Å². The van der Waals surface area contributed by atoms with E-state index in [4.69, 9.17) is 0 Å². The summed E-state index contributed by atoms with van der Waals surface area (Å²) in [5.41, 5.74) is 2.98. The van der Waals surface area contributed by atoms with E-state index in [1.165, 1.54) is 18.4 Å². The number of hydrogen-bond acceptors (Lipinski definition) is 1. The Labute approximate surface area is 120 Å². The highest BCUT2D eigenvalue weighted by Gasteiger charge is 1.98. The predicted octanol–water partition coefficient (Wildman–Crippen LogP) is 3.76. The van der Waals surface area contributed by atoms with E-state index in [0.29, 0.717) is 5.56 Å². The zero-order valence-electron chi connectivity index (χ0n) is 11.8. The van der Waals surface area contributed by atoms with Gasteiger partial charge in [0.15, 0.2) is 12.4 Å². The first-order valence-electron chi connectivity index (χ1n) is 7.04. The number of carbonyl (C=O) groups excluding carboxylic acids is 1. The summed E-state index contributed by atoms with van der Waals surface area (Å²) in [4.78, 5) is 10.6. The van der Waals surface area contributed by atoms with Crippen molar-refractivity contribution in [2.45, 2.75) is 26.3 Å². The van der Waals surface area contributed by atoms with Crippen LogP contribution in [0.4, 0.5) is 0 Å². The Bertz CT molecular complexity index is 567. The number of unbranched alkanes of at least 4 members (excludes halogenated alkanes) is 1. The van der Waals surface area contributed by atoms with Crippen LogP contribution in [0.3, 0.4) is 0 Å². The molecule has 0 amide bonds. The first kappa shape index (κ1) is 14.2. The second-order valence-corrected chi connectivity index (χ2v) is 4.84. The molecular formula is C18H20NO+. The standard InChI is InChI=1S/C18H20NO/c1-2-3-12-19-13-10-17(11-14-19)5-4-16-6-8-18(15-20)9-7-16/h4-11,13-15H,2-3,12H2,1H3/q+1/b5-4+. The molecule has 2 heteroatoms. The third kappa shape index (κ3) is 4.16. The molecule has 1 aromatic heterocycles. The lowest BCUT2D eigenvalue weighted by molar-refractivity contribution is -0.697. The molecule has 2 nitrogen and oxygen atoms in total. The molecule has 0 N–H and O–H groups in total. The van der Waals surface area contributed by atoms with E-state index < -0.39 is 0 Å². The average molecular weight is 266 g/mol. The topological polar surface area (TPSA) is 20.9 Å². The lowest BCUT2D eigenvalue weighted by Gasteiger charge is -1.97. The highest BCUT2D eigenvalue weighted by atomic mass is 16.1. The van der Waals surface area contributed by atoms with Crippen LogP contribution in [0.15, 0.2) is 48.8 Å². The van der Waals surface area contributed by atoms with E-state index >= 15 is 0 Å². The van der Waals surface area contributed by atoms with Crippen LogP contribution < -0.4 is 4.57 Å². The van der Waals surface area contributed by atoms with Gasteiger partial charge in [-0.25, -0.2) is 4.57 Å². The SMILES string of the molecule is CCCC[n+]1ccc(/C=C/c2ccc(C=O)cc2)cc1. The van der Waals surface area contributed by atoms with Crippen molar-refractivity contribution in [3.05, 3.63) is 65.5 Å². The third-order valence-electron chi connectivity index (χ3n) is 3.23. The Morgan fingerprint density at radius 2 is 1.45 bits per heavy atom. The van der Waals surface area contributed by atoms with E-state index in [-0.39, 0.29) is 0 Å². The third-order valence-corrected chi connectivity index (χ3v) is 3.23. The van der Waals surface area contributed by atoms with E-state index in [9.17, 15) is 4.79 Å². The molecule has 2 aromatic rings. The number of aromatic nitrogens is 1. The van der Waals surface area contributed by atoms with Crippen molar-refractivity contribution < 1.29 is 9.36 Å². The molecule has 0 fully saturated rings. The molecule has 0 radical (unpaired) electrons. The summed E-state index contributed by atoms with van der Waals surface area (Å²) in [5.74, 6) is 0. The van der Waals surface area contributed by atoms with Crippen molar-refractivity contribution in [3.8, 4) is 0 Å². The van der Waals surface area contributed by atoms with Crippen LogP contribution in [-0.2, 0) is 6.54 Å². The molecule has 0 aliphatic heterocycles. The number of aryl methyl sites for hydroxylation is 1. The van der Waals surface area contributed by atoms with Crippen molar-refractivity contribution in [2.75, 3.05) is 0 Å². The summed E-state index contributed by atoms with van der Waals surface area (Å²) in [6.45, 7) is 3.28. The van der Waals surface area contributed by atoms with Crippen LogP contribution in [-0.4, -0.2) is 6.29 Å². The highest BCUT2D eigenvalue weighted by molar-refractivity contribution is 5.76. The molecule has 1 heterocycles. The maximum atomic E-state index is 10.6. The van der Waals surface area contributed by atoms with E-state index in [0.717, 1.165) is 18.4 Å². The molecule has 0 aliphatic carbocycles. The molecule has 0 bridgehead atoms. The van der Waals surface area contributed by atoms with Gasteiger partial charge in [0.2, 0.25) is 0 Å². The molecule has 102 valence electrons. The fourth-order valence-corrected chi connectivity index (χ4v) is 1.95. The Morgan fingerprint density at radius 1 is 0.900 bits per heavy atom. The summed E-state index contributed by atoms with van der Waals surface area (Å²) < 4.78 is 2.21. The molecule has 2 rings (SSSR count). The molecule has 0 saturated heterocycles. The quantitative estimate of drug-likeness (QED) is 0.576. The maximum absolute atomic E-state index is 10.6. The van der Waals surface area contributed by atoms with Crippen LogP contribution >= 0.6 is 0 Å². The number of hydrogen-bond donors (Lipinski definition) is 0. The van der Waals surface area contributed by atoms with Gasteiger partial charge in [-0.05, 0) is 11.1 Å². The number of pyridine rings is 1. The molecule has 0 aliphatic rings. The van der Waals surface area contributed by atoms with Crippen molar-refractivity contribution in [1.29, 1.82) is 0 Å². The van der Waals surface area contributed by atoms with E-state index in [2.05, 4.69) is 48.2 Å². The van der Waals surface area contributed by atoms with Gasteiger partial charge in [-0.15, -0.1) is 0 Å². The average Bonchev–Trinajstić information content (AvgIpc) is 2.52. The van der Waals surface area contributed by atoms with Gasteiger partial charge in [-0.2, -0.15) is 0 Å². The number of nitrogens with zero attached hydrogens (tertiary/aromatic N) is 1. The fraction of sp³-hybridized carbons (Fsp3) is 0.222. The second kappa shape index (κ2) is 7.39. The summed E-state index contributed by atoms with van der Waals surface area (Å²) in [7, 11) is 0. The monoisotopic (exact) mass is 266 g/mol. The number of rotatable bonds is 6. The number of aldehydes is 1. The van der Waals surface area contributed by atoms with Crippen LogP contribution in [0.25, 0.3) is 12.2 Å². The van der Waals surface area contributed by atoms with Crippen LogP contribution in [0, 0.1) is 0 Å². The molecule has 0 saturated carbocycles. The Kier molecular flexibility index (Phi) is 5.24. The second-order valence-electron chi connectivity index (χ2n) is 4.84. The normalized spacial score (nSPS) is 10.8. The molecule has 1 aromatic carbocycles. The summed E-state index contributed by atoms with van der Waals surface area (Å²) in [6, 6.07) is 11.8. The van der Waals surface area contributed by atoms with Gasteiger partial charge < -0.3 is 0 Å². The minimum absolute atomic E-state index is 0.707. The first-order valence-corrected chi connectivity index (χ1v) is 7.04. The molecule has 20 heavy (non-hydrogen) atoms. The van der Waals surface area contributed by atoms with Gasteiger partial charge in [0.05, 0.1) is 0 Å². The summed E-state index contributed by atoms with van der Waals surface area (Å²) >= 11 is 0. The van der Waals surface area contributed by atoms with Gasteiger partial charge in [-0.3, -0.25) is 4.79 Å². The number of benzene rings is 1. The van der Waals surface area contributed by atoms with Crippen molar-refractivity contribution in [2.24, 2.45) is 0 Å². The molecule has 0 spiro atoms. The first-order chi connectivity index (χ1) is 9.81. The molecule has 0 unspecified atom stereocenters. The maximum Gasteiger partial charge on any atom is 0.169 e. The highest BCUT2D eigenvalue weighted by Crippen LogP contribution is 2.08. The Hall–Kier alpha value is -2.22. The van der Waals surface area contributed by atoms with Crippen molar-refractivity contribution in [3.63, 3.8) is 0 Å². The van der Waals surface area contributed by atoms with Gasteiger partial charge >= 0.3 is 0 Å². The largest absolute Gasteiger partial charge is 0.298 e. The smallest absolute Gasteiger partial charge is 0.169 e. The minimum Gasteiger partial charge on any atom is -0.298 e. The molecule has 0 atom stereocenters. The Balaban J connectivity index is 2.01. The van der Waals surface area contributed by atoms with Gasteiger partial charge in [0, 0.05) is 24.1 Å². The van der Waals surface area contributed by atoms with Crippen LogP contribution in [0.1, 0.15) is 41.3 Å². The van der Waals surface area contributed by atoms with Crippen LogP contribution in [0.2, 0.25) is 0 Å². The van der Waals surface area contributed by atoms with Gasteiger partial charge in [0.25, 0.3) is 0 Å². The summed E-state index contributed by atoms with van der Waals surface area (Å²) in [6.07, 6.45) is 11.7. The number of carbonyl (C=O) groups is 1. The van der Waals surface area contributed by atoms with Gasteiger partial charge in [0.1, 0.15) is 12.8 Å². The zero-order valence-corrected chi connectivity index (χ0v) is 11.8. The van der Waals surface area contributed by atoms with Crippen molar-refractivity contribution in [1.82, 2.24) is 0 Å². The lowest BCUT2D eigenvalue weighted by Crippen LogP contribution is -2.32. The lowest BCUT2D eigenvalue weighted by atomic mass is 10.1. The molecular weight excluding hydrogens is 246 g/mol. The van der Waals surface area contributed by atoms with Crippen molar-refractivity contribution >= 4 is 18.4 Å². The zero-order chi connectivity index (χ0) is 14.2. The summed E-state index contributed by atoms with van der Waals surface area (Å²) in [5, 5.41) is 0.